The van der Waals surface area contributed by atoms with E-state index in [1.54, 1.807) is 0 Å². The van der Waals surface area contributed by atoms with Crippen molar-refractivity contribution in [3.8, 4) is 0 Å². The molecule has 0 aromatic rings. The van der Waals surface area contributed by atoms with E-state index in [9.17, 15) is 14.7 Å². The molecule has 1 unspecified atom stereocenters. The van der Waals surface area contributed by atoms with E-state index < -0.39 is 12.1 Å². The van der Waals surface area contributed by atoms with Crippen LogP contribution in [0.1, 0.15) is 46.0 Å². The number of rotatable bonds is 7. The lowest BCUT2D eigenvalue weighted by atomic mass is 9.96. The van der Waals surface area contributed by atoms with Gasteiger partial charge >= 0.3 is 5.97 Å². The Bertz CT molecular complexity index is 315. The Morgan fingerprint density at radius 1 is 1.21 bits per heavy atom. The second kappa shape index (κ2) is 7.48. The van der Waals surface area contributed by atoms with Gasteiger partial charge in [-0.1, -0.05) is 26.7 Å². The van der Waals surface area contributed by atoms with Crippen molar-refractivity contribution in [3.05, 3.63) is 0 Å². The van der Waals surface area contributed by atoms with Crippen molar-refractivity contribution in [1.29, 1.82) is 0 Å². The van der Waals surface area contributed by atoms with Gasteiger partial charge in [-0.15, -0.1) is 0 Å². The summed E-state index contributed by atoms with van der Waals surface area (Å²) in [6.45, 7) is 4.31. The molecule has 19 heavy (non-hydrogen) atoms. The number of aliphatic hydroxyl groups is 1. The van der Waals surface area contributed by atoms with E-state index in [4.69, 9.17) is 5.11 Å². The largest absolute Gasteiger partial charge is 0.481 e. The van der Waals surface area contributed by atoms with E-state index in [0.717, 1.165) is 12.8 Å². The van der Waals surface area contributed by atoms with E-state index in [2.05, 4.69) is 5.32 Å². The topological polar surface area (TPSA) is 86.6 Å². The van der Waals surface area contributed by atoms with Crippen molar-refractivity contribution in [3.63, 3.8) is 0 Å². The fraction of sp³-hybridized carbons (Fsp3) is 0.857. The highest BCUT2D eigenvalue weighted by atomic mass is 16.4. The fourth-order valence-electron chi connectivity index (χ4n) is 2.79. The fourth-order valence-corrected chi connectivity index (χ4v) is 2.79. The van der Waals surface area contributed by atoms with Gasteiger partial charge in [0.25, 0.3) is 0 Å². The lowest BCUT2D eigenvalue weighted by Crippen LogP contribution is -2.38. The highest BCUT2D eigenvalue weighted by Gasteiger charge is 2.33. The maximum atomic E-state index is 11.9. The summed E-state index contributed by atoms with van der Waals surface area (Å²) >= 11 is 0. The van der Waals surface area contributed by atoms with E-state index in [1.807, 2.05) is 13.8 Å². The molecule has 1 rings (SSSR count). The van der Waals surface area contributed by atoms with Crippen LogP contribution in [0.15, 0.2) is 0 Å². The Morgan fingerprint density at radius 3 is 2.26 bits per heavy atom. The van der Waals surface area contributed by atoms with E-state index in [-0.39, 0.29) is 30.2 Å². The third-order valence-electron chi connectivity index (χ3n) is 4.23. The monoisotopic (exact) mass is 271 g/mol. The summed E-state index contributed by atoms with van der Waals surface area (Å²) in [7, 11) is 0. The average molecular weight is 271 g/mol. The van der Waals surface area contributed by atoms with Gasteiger partial charge in [-0.25, -0.2) is 0 Å². The molecule has 1 saturated carbocycles. The molecular weight excluding hydrogens is 246 g/mol. The third kappa shape index (κ3) is 4.49. The van der Waals surface area contributed by atoms with Crippen molar-refractivity contribution < 1.29 is 19.8 Å². The smallest absolute Gasteiger partial charge is 0.306 e. The Morgan fingerprint density at radius 2 is 1.79 bits per heavy atom. The lowest BCUT2D eigenvalue weighted by molar-refractivity contribution is -0.141. The summed E-state index contributed by atoms with van der Waals surface area (Å²) in [5.74, 6) is -1.33. The zero-order valence-corrected chi connectivity index (χ0v) is 11.8. The van der Waals surface area contributed by atoms with Gasteiger partial charge in [-0.2, -0.15) is 0 Å². The molecule has 0 radical (unpaired) electrons. The second-order valence-electron chi connectivity index (χ2n) is 5.43. The molecule has 3 atom stereocenters. The highest BCUT2D eigenvalue weighted by molar-refractivity contribution is 5.80. The zero-order valence-electron chi connectivity index (χ0n) is 11.8. The van der Waals surface area contributed by atoms with Crippen molar-refractivity contribution in [2.45, 2.75) is 52.1 Å². The van der Waals surface area contributed by atoms with Crippen LogP contribution in [0.25, 0.3) is 0 Å². The summed E-state index contributed by atoms with van der Waals surface area (Å²) < 4.78 is 0. The maximum absolute atomic E-state index is 11.9. The maximum Gasteiger partial charge on any atom is 0.306 e. The highest BCUT2D eigenvalue weighted by Crippen LogP contribution is 2.31. The van der Waals surface area contributed by atoms with Crippen molar-refractivity contribution in [1.82, 2.24) is 5.32 Å². The predicted octanol–water partition coefficient (Wildman–Crippen LogP) is 1.40. The quantitative estimate of drug-likeness (QED) is 0.653. The molecule has 0 aromatic carbocycles. The molecule has 5 heteroatoms. The molecule has 0 spiro atoms. The lowest BCUT2D eigenvalue weighted by Gasteiger charge is -2.21. The minimum absolute atomic E-state index is 0.117. The van der Waals surface area contributed by atoms with Crippen LogP contribution in [0.5, 0.6) is 0 Å². The van der Waals surface area contributed by atoms with E-state index >= 15 is 0 Å². The number of aliphatic hydroxyl groups excluding tert-OH is 1. The first kappa shape index (κ1) is 16.0. The first-order valence-corrected chi connectivity index (χ1v) is 7.18. The number of carboxylic acid groups (broad SMARTS) is 1. The molecule has 0 bridgehead atoms. The molecule has 5 nitrogen and oxygen atoms in total. The normalized spacial score (nSPS) is 24.4. The Balaban J connectivity index is 2.34. The molecule has 1 fully saturated rings. The van der Waals surface area contributed by atoms with Gasteiger partial charge in [0.1, 0.15) is 0 Å². The van der Waals surface area contributed by atoms with Crippen LogP contribution in [-0.2, 0) is 9.59 Å². The second-order valence-corrected chi connectivity index (χ2v) is 5.43. The molecule has 1 aliphatic carbocycles. The van der Waals surface area contributed by atoms with Crippen LogP contribution < -0.4 is 5.32 Å². The van der Waals surface area contributed by atoms with Gasteiger partial charge in [0, 0.05) is 12.5 Å². The minimum atomic E-state index is -0.813. The number of aliphatic carboxylic acids is 1. The number of amides is 1. The van der Waals surface area contributed by atoms with Crippen LogP contribution >= 0.6 is 0 Å². The Hall–Kier alpha value is -1.10. The summed E-state index contributed by atoms with van der Waals surface area (Å²) in [5.41, 5.74) is 0. The van der Waals surface area contributed by atoms with Gasteiger partial charge in [-0.3, -0.25) is 9.59 Å². The van der Waals surface area contributed by atoms with Crippen LogP contribution in [-0.4, -0.2) is 34.7 Å². The summed E-state index contributed by atoms with van der Waals surface area (Å²) in [4.78, 5) is 22.7. The number of hydrogen-bond acceptors (Lipinski definition) is 3. The Labute approximate surface area is 114 Å². The van der Waals surface area contributed by atoms with Crippen molar-refractivity contribution in [2.24, 2.45) is 17.8 Å². The molecule has 1 amide bonds. The van der Waals surface area contributed by atoms with Crippen LogP contribution in [0, 0.1) is 17.8 Å². The Kier molecular flexibility index (Phi) is 6.28. The van der Waals surface area contributed by atoms with Gasteiger partial charge in [0.2, 0.25) is 5.91 Å². The number of carbonyl (C=O) groups is 2. The van der Waals surface area contributed by atoms with Gasteiger partial charge < -0.3 is 15.5 Å². The average Bonchev–Trinajstić information content (AvgIpc) is 2.87. The van der Waals surface area contributed by atoms with Crippen LogP contribution in [0.4, 0.5) is 0 Å². The predicted molar refractivity (Wildman–Crippen MR) is 71.6 cm³/mol. The molecule has 0 heterocycles. The summed E-state index contributed by atoms with van der Waals surface area (Å²) in [6, 6.07) is 0. The molecular formula is C14H25NO4. The zero-order chi connectivity index (χ0) is 14.4. The first-order chi connectivity index (χ1) is 8.99. The minimum Gasteiger partial charge on any atom is -0.481 e. The van der Waals surface area contributed by atoms with Crippen molar-refractivity contribution in [2.75, 3.05) is 6.54 Å². The SMILES string of the molecule is CCC(CC)C(O)CNC(=O)[C@@H]1CC[C@H](C(=O)O)C1. The first-order valence-electron chi connectivity index (χ1n) is 7.18. The summed E-state index contributed by atoms with van der Waals surface area (Å²) in [5, 5.41) is 21.6. The molecule has 3 N–H and O–H groups in total. The van der Waals surface area contributed by atoms with Crippen LogP contribution in [0.3, 0.4) is 0 Å². The summed E-state index contributed by atoms with van der Waals surface area (Å²) in [6.07, 6.45) is 2.88. The molecule has 0 saturated heterocycles. The van der Waals surface area contributed by atoms with Gasteiger partial charge in [0.05, 0.1) is 12.0 Å². The number of hydrogen-bond donors (Lipinski definition) is 3. The number of nitrogens with one attached hydrogen (secondary N) is 1. The van der Waals surface area contributed by atoms with Crippen LogP contribution in [0.2, 0.25) is 0 Å². The van der Waals surface area contributed by atoms with Gasteiger partial charge in [-0.05, 0) is 25.2 Å². The number of carbonyl (C=O) groups excluding carboxylic acids is 1. The number of carboxylic acids is 1. The standard InChI is InChI=1S/C14H25NO4/c1-3-9(4-2)12(16)8-15-13(17)10-5-6-11(7-10)14(18)19/h9-12,16H,3-8H2,1-2H3,(H,15,17)(H,18,19)/t10-,11+,12?/m1/s1. The third-order valence-corrected chi connectivity index (χ3v) is 4.23. The van der Waals surface area contributed by atoms with Crippen molar-refractivity contribution >= 4 is 11.9 Å². The van der Waals surface area contributed by atoms with E-state index in [1.165, 1.54) is 0 Å². The molecule has 110 valence electrons. The van der Waals surface area contributed by atoms with Gasteiger partial charge in [0.15, 0.2) is 0 Å². The van der Waals surface area contributed by atoms with E-state index in [0.29, 0.717) is 19.3 Å². The molecule has 0 aromatic heterocycles. The molecule has 1 aliphatic rings. The molecule has 0 aliphatic heterocycles.